The van der Waals surface area contributed by atoms with Crippen molar-refractivity contribution >= 4 is 45.2 Å². The summed E-state index contributed by atoms with van der Waals surface area (Å²) < 4.78 is 1.25. The lowest BCUT2D eigenvalue weighted by Gasteiger charge is -2.23. The molecule has 0 spiro atoms. The molecule has 0 radical (unpaired) electrons. The van der Waals surface area contributed by atoms with E-state index in [1.54, 1.807) is 24.3 Å². The van der Waals surface area contributed by atoms with Crippen LogP contribution in [0.4, 0.5) is 0 Å². The summed E-state index contributed by atoms with van der Waals surface area (Å²) in [7, 11) is 0. The Morgan fingerprint density at radius 2 is 1.66 bits per heavy atom. The number of halogens is 1. The predicted molar refractivity (Wildman–Crippen MR) is 159 cm³/mol. The zero-order valence-electron chi connectivity index (χ0n) is 21.3. The van der Waals surface area contributed by atoms with Crippen molar-refractivity contribution in [3.8, 4) is 0 Å². The van der Waals surface area contributed by atoms with Crippen LogP contribution in [0, 0.1) is 9.49 Å². The molecule has 1 heterocycles. The van der Waals surface area contributed by atoms with Crippen molar-refractivity contribution in [2.75, 3.05) is 19.6 Å². The first-order valence-corrected chi connectivity index (χ1v) is 14.0. The summed E-state index contributed by atoms with van der Waals surface area (Å²) in [6.07, 6.45) is 0.270. The first-order valence-electron chi connectivity index (χ1n) is 13.0. The van der Waals surface area contributed by atoms with Crippen molar-refractivity contribution in [2.24, 2.45) is 5.92 Å². The number of carboxylic acids is 1. The Morgan fingerprint density at radius 1 is 0.947 bits per heavy atom. The number of amides is 1. The Labute approximate surface area is 237 Å². The van der Waals surface area contributed by atoms with E-state index in [2.05, 4.69) is 95.5 Å². The highest BCUT2D eigenvalue weighted by molar-refractivity contribution is 14.1. The summed E-state index contributed by atoms with van der Waals surface area (Å²) in [5, 5.41) is 15.5. The number of carbonyl (C=O) groups is 2. The standard InChI is InChI=1S/C32H31IN2O3/c1-21(31-27-10-6-5-9-24(27)15-16-29(31)33)34-18-26-19-35(20-28(26)23-7-3-2-4-8-23)30(36)17-22-11-13-25(14-12-22)32(37)38/h2-16,21,26,28,34H,17-20H2,1H3,(H,37,38)/t21-,26+,28-/m1/s1. The maximum absolute atomic E-state index is 13.3. The number of nitrogens with one attached hydrogen (secondary N) is 1. The molecule has 1 aliphatic rings. The highest BCUT2D eigenvalue weighted by Gasteiger charge is 2.36. The van der Waals surface area contributed by atoms with Crippen LogP contribution in [0.1, 0.15) is 45.9 Å². The molecule has 1 amide bonds. The van der Waals surface area contributed by atoms with Crippen LogP contribution in [0.15, 0.2) is 91.0 Å². The molecule has 0 aliphatic carbocycles. The fourth-order valence-corrected chi connectivity index (χ4v) is 6.49. The third-order valence-corrected chi connectivity index (χ3v) is 8.56. The molecule has 0 aromatic heterocycles. The minimum absolute atomic E-state index is 0.0770. The smallest absolute Gasteiger partial charge is 0.335 e. The number of aromatic carboxylic acids is 1. The second-order valence-electron chi connectivity index (χ2n) is 10.1. The van der Waals surface area contributed by atoms with E-state index in [1.165, 1.54) is 25.5 Å². The first-order chi connectivity index (χ1) is 18.4. The lowest BCUT2D eigenvalue weighted by molar-refractivity contribution is -0.129. The monoisotopic (exact) mass is 618 g/mol. The van der Waals surface area contributed by atoms with Crippen molar-refractivity contribution in [1.82, 2.24) is 10.2 Å². The topological polar surface area (TPSA) is 69.6 Å². The molecule has 6 heteroatoms. The molecule has 0 unspecified atom stereocenters. The minimum Gasteiger partial charge on any atom is -0.478 e. The molecule has 4 aromatic rings. The van der Waals surface area contributed by atoms with Gasteiger partial charge in [0, 0.05) is 35.2 Å². The lowest BCUT2D eigenvalue weighted by atomic mass is 9.88. The second-order valence-corrected chi connectivity index (χ2v) is 11.2. The minimum atomic E-state index is -0.962. The van der Waals surface area contributed by atoms with E-state index in [4.69, 9.17) is 5.11 Å². The number of carbonyl (C=O) groups excluding carboxylic acids is 1. The van der Waals surface area contributed by atoms with E-state index in [-0.39, 0.29) is 35.8 Å². The largest absolute Gasteiger partial charge is 0.478 e. The number of nitrogens with zero attached hydrogens (tertiary/aromatic N) is 1. The molecule has 0 saturated carbocycles. The Morgan fingerprint density at radius 3 is 2.39 bits per heavy atom. The van der Waals surface area contributed by atoms with Gasteiger partial charge in [0.2, 0.25) is 5.91 Å². The molecule has 1 fully saturated rings. The van der Waals surface area contributed by atoms with Gasteiger partial charge < -0.3 is 15.3 Å². The fourth-order valence-electron chi connectivity index (χ4n) is 5.55. The SMILES string of the molecule is C[C@@H](NC[C@H]1CN(C(=O)Cc2ccc(C(=O)O)cc2)C[C@@H]1c1ccccc1)c1c(I)ccc2ccccc12. The zero-order valence-corrected chi connectivity index (χ0v) is 23.5. The van der Waals surface area contributed by atoms with Gasteiger partial charge in [-0.15, -0.1) is 0 Å². The lowest BCUT2D eigenvalue weighted by Crippen LogP contribution is -2.32. The molecule has 194 valence electrons. The molecule has 4 aromatic carbocycles. The molecular formula is C32H31IN2O3. The Kier molecular flexibility index (Phi) is 8.09. The van der Waals surface area contributed by atoms with Gasteiger partial charge in [-0.2, -0.15) is 0 Å². The van der Waals surface area contributed by atoms with Crippen LogP contribution in [0.5, 0.6) is 0 Å². The quantitative estimate of drug-likeness (QED) is 0.228. The average Bonchev–Trinajstić information content (AvgIpc) is 3.37. The number of fused-ring (bicyclic) bond motifs is 1. The number of hydrogen-bond acceptors (Lipinski definition) is 3. The van der Waals surface area contributed by atoms with Gasteiger partial charge in [-0.05, 0) is 81.1 Å². The van der Waals surface area contributed by atoms with Crippen LogP contribution in [0.2, 0.25) is 0 Å². The predicted octanol–water partition coefficient (Wildman–Crippen LogP) is 6.28. The van der Waals surface area contributed by atoms with Gasteiger partial charge in [-0.3, -0.25) is 4.79 Å². The van der Waals surface area contributed by atoms with Crippen LogP contribution in [-0.4, -0.2) is 41.5 Å². The molecular weight excluding hydrogens is 587 g/mol. The summed E-state index contributed by atoms with van der Waals surface area (Å²) in [5.74, 6) is -0.351. The molecule has 5 nitrogen and oxygen atoms in total. The Balaban J connectivity index is 1.31. The highest BCUT2D eigenvalue weighted by atomic mass is 127. The first kappa shape index (κ1) is 26.4. The number of rotatable bonds is 8. The van der Waals surface area contributed by atoms with Gasteiger partial charge >= 0.3 is 5.97 Å². The van der Waals surface area contributed by atoms with Gasteiger partial charge in [-0.1, -0.05) is 72.8 Å². The number of benzene rings is 4. The zero-order chi connectivity index (χ0) is 26.6. The third-order valence-electron chi connectivity index (χ3n) is 7.61. The van der Waals surface area contributed by atoms with Crippen molar-refractivity contribution in [2.45, 2.75) is 25.3 Å². The average molecular weight is 619 g/mol. The van der Waals surface area contributed by atoms with Crippen LogP contribution in [-0.2, 0) is 11.2 Å². The van der Waals surface area contributed by atoms with Crippen molar-refractivity contribution < 1.29 is 14.7 Å². The maximum Gasteiger partial charge on any atom is 0.335 e. The van der Waals surface area contributed by atoms with E-state index in [0.717, 1.165) is 12.1 Å². The third kappa shape index (κ3) is 5.76. The summed E-state index contributed by atoms with van der Waals surface area (Å²) in [4.78, 5) is 26.4. The molecule has 2 N–H and O–H groups in total. The Bertz CT molecular complexity index is 1440. The van der Waals surface area contributed by atoms with Gasteiger partial charge in [0.05, 0.1) is 12.0 Å². The Hall–Kier alpha value is -3.23. The number of carboxylic acid groups (broad SMARTS) is 1. The van der Waals surface area contributed by atoms with Crippen molar-refractivity contribution in [1.29, 1.82) is 0 Å². The summed E-state index contributed by atoms with van der Waals surface area (Å²) in [6, 6.07) is 30.1. The highest BCUT2D eigenvalue weighted by Crippen LogP contribution is 2.34. The van der Waals surface area contributed by atoms with Crippen LogP contribution in [0.25, 0.3) is 10.8 Å². The van der Waals surface area contributed by atoms with Gasteiger partial charge in [0.15, 0.2) is 0 Å². The van der Waals surface area contributed by atoms with Gasteiger partial charge in [0.25, 0.3) is 0 Å². The van der Waals surface area contributed by atoms with Crippen molar-refractivity contribution in [3.63, 3.8) is 0 Å². The van der Waals surface area contributed by atoms with Crippen LogP contribution < -0.4 is 5.32 Å². The molecule has 5 rings (SSSR count). The second kappa shape index (κ2) is 11.7. The van der Waals surface area contributed by atoms with E-state index in [0.29, 0.717) is 13.1 Å². The fraction of sp³-hybridized carbons (Fsp3) is 0.250. The molecule has 0 bridgehead atoms. The van der Waals surface area contributed by atoms with Crippen LogP contribution in [0.3, 0.4) is 0 Å². The molecule has 38 heavy (non-hydrogen) atoms. The van der Waals surface area contributed by atoms with E-state index in [9.17, 15) is 9.59 Å². The van der Waals surface area contributed by atoms with Gasteiger partial charge in [-0.25, -0.2) is 4.79 Å². The molecule has 1 aliphatic heterocycles. The summed E-state index contributed by atoms with van der Waals surface area (Å²) >= 11 is 2.43. The molecule has 3 atom stereocenters. The van der Waals surface area contributed by atoms with E-state index >= 15 is 0 Å². The van der Waals surface area contributed by atoms with E-state index < -0.39 is 5.97 Å². The maximum atomic E-state index is 13.3. The summed E-state index contributed by atoms with van der Waals surface area (Å²) in [6.45, 7) is 4.40. The number of hydrogen-bond donors (Lipinski definition) is 2. The van der Waals surface area contributed by atoms with E-state index in [1.807, 2.05) is 11.0 Å². The molecule has 1 saturated heterocycles. The number of likely N-dealkylation sites (tertiary alicyclic amines) is 1. The normalized spacial score (nSPS) is 18.0. The summed E-state index contributed by atoms with van der Waals surface area (Å²) in [5.41, 5.74) is 3.63. The van der Waals surface area contributed by atoms with Gasteiger partial charge in [0.1, 0.15) is 0 Å². The van der Waals surface area contributed by atoms with Crippen LogP contribution >= 0.6 is 22.6 Å². The van der Waals surface area contributed by atoms with Crippen molar-refractivity contribution in [3.05, 3.63) is 117 Å².